The molecule has 0 bridgehead atoms. The van der Waals surface area contributed by atoms with Crippen molar-refractivity contribution in [3.8, 4) is 0 Å². The zero-order chi connectivity index (χ0) is 22.1. The lowest BCUT2D eigenvalue weighted by atomic mass is 9.93. The van der Waals surface area contributed by atoms with Crippen molar-refractivity contribution in [3.63, 3.8) is 0 Å². The first kappa shape index (κ1) is 21.1. The highest BCUT2D eigenvalue weighted by Crippen LogP contribution is 2.39. The predicted octanol–water partition coefficient (Wildman–Crippen LogP) is 4.87. The van der Waals surface area contributed by atoms with Gasteiger partial charge in [-0.1, -0.05) is 49.6 Å². The maximum atomic E-state index is 14.1. The highest BCUT2D eigenvalue weighted by atomic mass is 19.1. The molecule has 2 aliphatic heterocycles. The number of hydrogen-bond acceptors (Lipinski definition) is 3. The van der Waals surface area contributed by atoms with Crippen molar-refractivity contribution in [3.05, 3.63) is 65.7 Å². The van der Waals surface area contributed by atoms with E-state index in [1.807, 2.05) is 18.2 Å². The van der Waals surface area contributed by atoms with E-state index in [9.17, 15) is 13.6 Å². The lowest BCUT2D eigenvalue weighted by Crippen LogP contribution is -2.52. The second-order valence-electron chi connectivity index (χ2n) is 9.14. The summed E-state index contributed by atoms with van der Waals surface area (Å²) >= 11 is 0. The second kappa shape index (κ2) is 8.62. The number of rotatable bonds is 4. The first-order valence-corrected chi connectivity index (χ1v) is 11.5. The van der Waals surface area contributed by atoms with Crippen molar-refractivity contribution in [2.24, 2.45) is 4.99 Å². The van der Waals surface area contributed by atoms with Crippen LogP contribution in [0.2, 0.25) is 0 Å². The molecule has 2 aromatic rings. The van der Waals surface area contributed by atoms with Crippen LogP contribution >= 0.6 is 0 Å². The first-order valence-electron chi connectivity index (χ1n) is 11.5. The quantitative estimate of drug-likeness (QED) is 0.740. The van der Waals surface area contributed by atoms with Crippen LogP contribution in [0.4, 0.5) is 19.3 Å². The Hall–Kier alpha value is -2.80. The van der Waals surface area contributed by atoms with Crippen LogP contribution in [-0.4, -0.2) is 41.4 Å². The number of amides is 2. The fourth-order valence-electron chi connectivity index (χ4n) is 5.38. The van der Waals surface area contributed by atoms with Gasteiger partial charge in [-0.3, -0.25) is 20.1 Å². The summed E-state index contributed by atoms with van der Waals surface area (Å²) in [6, 6.07) is 13.3. The zero-order valence-corrected chi connectivity index (χ0v) is 18.1. The first-order chi connectivity index (χ1) is 15.5. The van der Waals surface area contributed by atoms with E-state index in [-0.39, 0.29) is 17.8 Å². The molecule has 0 aromatic heterocycles. The number of carbonyl (C=O) groups excluding carboxylic acids is 1. The van der Waals surface area contributed by atoms with E-state index in [0.29, 0.717) is 18.8 Å². The summed E-state index contributed by atoms with van der Waals surface area (Å²) < 4.78 is 28.2. The number of halogens is 2. The Morgan fingerprint density at radius 1 is 1.03 bits per heavy atom. The van der Waals surface area contributed by atoms with E-state index < -0.39 is 17.2 Å². The van der Waals surface area contributed by atoms with Gasteiger partial charge in [0.25, 0.3) is 0 Å². The molecule has 2 amide bonds. The van der Waals surface area contributed by atoms with E-state index in [2.05, 4.69) is 22.3 Å². The number of urea groups is 1. The van der Waals surface area contributed by atoms with Crippen LogP contribution in [-0.2, 0) is 6.54 Å². The molecule has 1 N–H and O–H groups in total. The molecular formula is C25H28F2N4O. The topological polar surface area (TPSA) is 47.9 Å². The Labute approximate surface area is 187 Å². The lowest BCUT2D eigenvalue weighted by molar-refractivity contribution is 0.250. The summed E-state index contributed by atoms with van der Waals surface area (Å²) in [4.78, 5) is 22.0. The molecule has 3 aliphatic rings. The van der Waals surface area contributed by atoms with Crippen molar-refractivity contribution < 1.29 is 13.6 Å². The van der Waals surface area contributed by atoms with Crippen LogP contribution in [0.1, 0.15) is 44.1 Å². The summed E-state index contributed by atoms with van der Waals surface area (Å²) in [6.45, 7) is 2.07. The summed E-state index contributed by atoms with van der Waals surface area (Å²) in [5.41, 5.74) is 0.676. The van der Waals surface area contributed by atoms with Crippen molar-refractivity contribution in [1.82, 2.24) is 10.2 Å². The van der Waals surface area contributed by atoms with Gasteiger partial charge in [-0.15, -0.1) is 0 Å². The fourth-order valence-corrected chi connectivity index (χ4v) is 5.38. The average Bonchev–Trinajstić information content (AvgIpc) is 3.29. The van der Waals surface area contributed by atoms with Crippen molar-refractivity contribution >= 4 is 17.6 Å². The van der Waals surface area contributed by atoms with Gasteiger partial charge >= 0.3 is 6.03 Å². The van der Waals surface area contributed by atoms with Crippen molar-refractivity contribution in [1.29, 1.82) is 0 Å². The number of amidine groups is 1. The number of carbonyl (C=O) groups is 1. The van der Waals surface area contributed by atoms with Gasteiger partial charge < -0.3 is 0 Å². The zero-order valence-electron chi connectivity index (χ0n) is 18.1. The lowest BCUT2D eigenvalue weighted by Gasteiger charge is -2.34. The molecule has 3 fully saturated rings. The second-order valence-corrected chi connectivity index (χ2v) is 9.14. The molecule has 1 unspecified atom stereocenters. The van der Waals surface area contributed by atoms with Crippen LogP contribution in [0, 0.1) is 11.6 Å². The van der Waals surface area contributed by atoms with Gasteiger partial charge in [-0.2, -0.15) is 0 Å². The maximum Gasteiger partial charge on any atom is 0.328 e. The predicted molar refractivity (Wildman–Crippen MR) is 121 cm³/mol. The molecule has 2 aromatic carbocycles. The number of benzene rings is 2. The smallest absolute Gasteiger partial charge is 0.296 e. The molecule has 1 spiro atoms. The van der Waals surface area contributed by atoms with Gasteiger partial charge in [0.05, 0.1) is 11.7 Å². The van der Waals surface area contributed by atoms with Crippen LogP contribution in [0.15, 0.2) is 53.5 Å². The Balaban J connectivity index is 1.51. The number of nitrogens with zero attached hydrogens (tertiary/aromatic N) is 3. The highest BCUT2D eigenvalue weighted by molar-refractivity contribution is 6.19. The average molecular weight is 439 g/mol. The molecule has 1 saturated carbocycles. The Bertz CT molecular complexity index is 1000. The highest BCUT2D eigenvalue weighted by Gasteiger charge is 2.55. The summed E-state index contributed by atoms with van der Waals surface area (Å²) in [6.07, 6.45) is 6.18. The number of aliphatic imine (C=N–C) groups is 1. The van der Waals surface area contributed by atoms with Crippen molar-refractivity contribution in [2.45, 2.75) is 56.7 Å². The minimum absolute atomic E-state index is 0.184. The third-order valence-electron chi connectivity index (χ3n) is 6.86. The maximum absolute atomic E-state index is 14.1. The van der Waals surface area contributed by atoms with E-state index in [1.165, 1.54) is 29.0 Å². The Morgan fingerprint density at radius 3 is 2.47 bits per heavy atom. The number of anilines is 1. The number of likely N-dealkylation sites (tertiary alicyclic amines) is 1. The van der Waals surface area contributed by atoms with Gasteiger partial charge in [0.2, 0.25) is 0 Å². The molecule has 5 nitrogen and oxygen atoms in total. The van der Waals surface area contributed by atoms with E-state index in [1.54, 1.807) is 0 Å². The summed E-state index contributed by atoms with van der Waals surface area (Å²) in [7, 11) is 0. The molecule has 1 aliphatic carbocycles. The minimum Gasteiger partial charge on any atom is -0.296 e. The normalized spacial score (nSPS) is 25.8. The third kappa shape index (κ3) is 4.01. The standard InChI is InChI=1S/C25H28F2N4O/c26-19-13-20(27)15-22(14-19)31-24(32)29-23(28-21-9-5-2-6-10-21)25(31)11-12-30(17-25)16-18-7-3-1-4-8-18/h1,3-4,7-8,13-15,21H,2,5-6,9-12,16-17H2,(H,28,29,32). The third-order valence-corrected chi connectivity index (χ3v) is 6.86. The van der Waals surface area contributed by atoms with E-state index in [4.69, 9.17) is 4.99 Å². The largest absolute Gasteiger partial charge is 0.328 e. The SMILES string of the molecule is O=C1NC(=NC2CCCCC2)C2(CCN(Cc3ccccc3)C2)N1c1cc(F)cc(F)c1. The van der Waals surface area contributed by atoms with Gasteiger partial charge in [-0.05, 0) is 37.0 Å². The Morgan fingerprint density at radius 2 is 1.75 bits per heavy atom. The van der Waals surface area contributed by atoms with Crippen LogP contribution in [0.25, 0.3) is 0 Å². The van der Waals surface area contributed by atoms with Gasteiger partial charge in [0.15, 0.2) is 0 Å². The monoisotopic (exact) mass is 438 g/mol. The fraction of sp³-hybridized carbons (Fsp3) is 0.440. The van der Waals surface area contributed by atoms with Crippen LogP contribution in [0.5, 0.6) is 0 Å². The van der Waals surface area contributed by atoms with Gasteiger partial charge in [-0.25, -0.2) is 13.6 Å². The summed E-state index contributed by atoms with van der Waals surface area (Å²) in [5, 5.41) is 2.97. The van der Waals surface area contributed by atoms with E-state index in [0.717, 1.165) is 44.8 Å². The van der Waals surface area contributed by atoms with Crippen molar-refractivity contribution in [2.75, 3.05) is 18.0 Å². The molecule has 5 rings (SSSR count). The molecule has 7 heteroatoms. The summed E-state index contributed by atoms with van der Waals surface area (Å²) in [5.74, 6) is -0.742. The minimum atomic E-state index is -0.746. The number of nitrogens with one attached hydrogen (secondary N) is 1. The molecule has 32 heavy (non-hydrogen) atoms. The van der Waals surface area contributed by atoms with Gasteiger partial charge in [0.1, 0.15) is 23.0 Å². The molecule has 0 radical (unpaired) electrons. The molecule has 1 atom stereocenters. The molecule has 2 saturated heterocycles. The van der Waals surface area contributed by atoms with Crippen LogP contribution in [0.3, 0.4) is 0 Å². The van der Waals surface area contributed by atoms with Crippen LogP contribution < -0.4 is 10.2 Å². The number of hydrogen-bond donors (Lipinski definition) is 1. The molecule has 2 heterocycles. The molecule has 168 valence electrons. The van der Waals surface area contributed by atoms with E-state index >= 15 is 0 Å². The Kier molecular flexibility index (Phi) is 5.67. The molecular weight excluding hydrogens is 410 g/mol. The van der Waals surface area contributed by atoms with Gasteiger partial charge in [0, 0.05) is 25.7 Å².